The van der Waals surface area contributed by atoms with Crippen LogP contribution in [0, 0.1) is 29.6 Å². The molecule has 5 atom stereocenters. The van der Waals surface area contributed by atoms with Crippen LogP contribution >= 0.6 is 0 Å². The Morgan fingerprint density at radius 1 is 1.19 bits per heavy atom. The van der Waals surface area contributed by atoms with Gasteiger partial charge in [-0.15, -0.1) is 0 Å². The highest BCUT2D eigenvalue weighted by Crippen LogP contribution is 2.45. The van der Waals surface area contributed by atoms with Gasteiger partial charge in [0.15, 0.2) is 0 Å². The summed E-state index contributed by atoms with van der Waals surface area (Å²) in [6.45, 7) is 2.09. The van der Waals surface area contributed by atoms with Gasteiger partial charge < -0.3 is 4.74 Å². The minimum atomic E-state index is -0.670. The molecule has 5 nitrogen and oxygen atoms in total. The van der Waals surface area contributed by atoms with Gasteiger partial charge in [-0.05, 0) is 36.7 Å². The zero-order valence-electron chi connectivity index (χ0n) is 15.3. The maximum absolute atomic E-state index is 13.4. The van der Waals surface area contributed by atoms with Gasteiger partial charge >= 0.3 is 5.97 Å². The number of Topliss-reactive ketones (excluding diaryl/α,β-unsaturated/α-hetero) is 1. The molecule has 2 heterocycles. The molecule has 0 N–H and O–H groups in total. The monoisotopic (exact) mass is 355 g/mol. The van der Waals surface area contributed by atoms with E-state index in [1.807, 2.05) is 0 Å². The summed E-state index contributed by atoms with van der Waals surface area (Å²) in [7, 11) is 1.32. The van der Waals surface area contributed by atoms with E-state index in [1.54, 1.807) is 12.3 Å². The Kier molecular flexibility index (Phi) is 4.33. The summed E-state index contributed by atoms with van der Waals surface area (Å²) in [6, 6.07) is 1.60. The van der Waals surface area contributed by atoms with Gasteiger partial charge in [0.1, 0.15) is 11.7 Å². The third kappa shape index (κ3) is 2.56. The van der Waals surface area contributed by atoms with Crippen LogP contribution in [0.3, 0.4) is 0 Å². The van der Waals surface area contributed by atoms with Crippen molar-refractivity contribution < 1.29 is 19.1 Å². The van der Waals surface area contributed by atoms with Gasteiger partial charge in [-0.25, -0.2) is 4.79 Å². The summed E-state index contributed by atoms with van der Waals surface area (Å²) in [6.07, 6.45) is 10.9. The quantitative estimate of drug-likeness (QED) is 0.474. The lowest BCUT2D eigenvalue weighted by Crippen LogP contribution is -2.42. The van der Waals surface area contributed by atoms with E-state index in [0.29, 0.717) is 29.5 Å². The van der Waals surface area contributed by atoms with Crippen molar-refractivity contribution in [2.45, 2.75) is 39.0 Å². The van der Waals surface area contributed by atoms with Crippen molar-refractivity contribution in [1.29, 1.82) is 0 Å². The van der Waals surface area contributed by atoms with Crippen LogP contribution in [0.1, 0.15) is 53.5 Å². The lowest BCUT2D eigenvalue weighted by atomic mass is 9.62. The van der Waals surface area contributed by atoms with Crippen molar-refractivity contribution >= 4 is 17.7 Å². The number of rotatable bonds is 3. The summed E-state index contributed by atoms with van der Waals surface area (Å²) in [5.74, 6) is -0.381. The summed E-state index contributed by atoms with van der Waals surface area (Å²) < 4.78 is 6.27. The Bertz CT molecular complexity index is 790. The average molecular weight is 355 g/mol. The number of hydrogen-bond donors (Lipinski definition) is 0. The molecule has 0 aromatic carbocycles. The molecule has 0 amide bonds. The zero-order valence-corrected chi connectivity index (χ0v) is 15.3. The molecule has 4 rings (SSSR count). The molecule has 3 aliphatic rings. The third-order valence-corrected chi connectivity index (χ3v) is 6.57. The first-order chi connectivity index (χ1) is 12.5. The molecule has 1 fully saturated rings. The van der Waals surface area contributed by atoms with Crippen molar-refractivity contribution in [2.75, 3.05) is 7.11 Å². The molecule has 26 heavy (non-hydrogen) atoms. The van der Waals surface area contributed by atoms with E-state index in [4.69, 9.17) is 4.74 Å². The highest BCUT2D eigenvalue weighted by molar-refractivity contribution is 6.07. The van der Waals surface area contributed by atoms with Crippen molar-refractivity contribution in [3.63, 3.8) is 0 Å². The SMILES string of the molecule is COC(=O)c1ccn2c1CC(C(=O)C1C(C)C=CC3CCCCC31)C2=O. The first kappa shape index (κ1) is 17.3. The molecular formula is C21H25NO4. The van der Waals surface area contributed by atoms with Crippen LogP contribution < -0.4 is 0 Å². The number of esters is 1. The lowest BCUT2D eigenvalue weighted by Gasteiger charge is -2.41. The lowest BCUT2D eigenvalue weighted by molar-refractivity contribution is -0.129. The van der Waals surface area contributed by atoms with Gasteiger partial charge in [-0.2, -0.15) is 0 Å². The van der Waals surface area contributed by atoms with Gasteiger partial charge in [0.05, 0.1) is 12.7 Å². The maximum Gasteiger partial charge on any atom is 0.339 e. The Morgan fingerprint density at radius 3 is 2.73 bits per heavy atom. The first-order valence-corrected chi connectivity index (χ1v) is 9.57. The van der Waals surface area contributed by atoms with Gasteiger partial charge in [-0.1, -0.05) is 31.9 Å². The normalized spacial score (nSPS) is 32.8. The van der Waals surface area contributed by atoms with Crippen molar-refractivity contribution in [3.8, 4) is 0 Å². The number of fused-ring (bicyclic) bond motifs is 2. The second kappa shape index (κ2) is 6.53. The topological polar surface area (TPSA) is 65.4 Å². The fourth-order valence-electron chi connectivity index (χ4n) is 5.25. The van der Waals surface area contributed by atoms with E-state index in [2.05, 4.69) is 19.1 Å². The standard InChI is InChI=1S/C21H25NO4/c1-12-7-8-13-5-3-4-6-14(13)18(12)19(23)16-11-17-15(21(25)26-2)9-10-22(17)20(16)24/h7-10,12-14,16,18H,3-6,11H2,1-2H3. The third-order valence-electron chi connectivity index (χ3n) is 6.57. The fourth-order valence-corrected chi connectivity index (χ4v) is 5.25. The van der Waals surface area contributed by atoms with Gasteiger partial charge in [-0.3, -0.25) is 14.2 Å². The van der Waals surface area contributed by atoms with Crippen LogP contribution in [0.5, 0.6) is 0 Å². The van der Waals surface area contributed by atoms with Gasteiger partial charge in [0, 0.05) is 24.2 Å². The van der Waals surface area contributed by atoms with Crippen LogP contribution in [-0.2, 0) is 16.0 Å². The first-order valence-electron chi connectivity index (χ1n) is 9.57. The molecule has 0 radical (unpaired) electrons. The number of aromatic nitrogens is 1. The van der Waals surface area contributed by atoms with Crippen LogP contribution in [0.4, 0.5) is 0 Å². The molecule has 1 aromatic rings. The predicted molar refractivity (Wildman–Crippen MR) is 95.8 cm³/mol. The Labute approximate surface area is 153 Å². The number of nitrogens with zero attached hydrogens (tertiary/aromatic N) is 1. The molecular weight excluding hydrogens is 330 g/mol. The highest BCUT2D eigenvalue weighted by Gasteiger charge is 2.46. The van der Waals surface area contributed by atoms with Crippen LogP contribution in [0.15, 0.2) is 24.4 Å². The Morgan fingerprint density at radius 2 is 1.96 bits per heavy atom. The van der Waals surface area contributed by atoms with Crippen LogP contribution in [0.2, 0.25) is 0 Å². The minimum absolute atomic E-state index is 0.0586. The Balaban J connectivity index is 1.61. The van der Waals surface area contributed by atoms with E-state index < -0.39 is 11.9 Å². The molecule has 0 spiro atoms. The van der Waals surface area contributed by atoms with Crippen molar-refractivity contribution in [1.82, 2.24) is 4.57 Å². The largest absolute Gasteiger partial charge is 0.465 e. The molecule has 1 aromatic heterocycles. The molecule has 1 aliphatic heterocycles. The summed E-state index contributed by atoms with van der Waals surface area (Å²) in [5.41, 5.74) is 1.00. The smallest absolute Gasteiger partial charge is 0.339 e. The summed E-state index contributed by atoms with van der Waals surface area (Å²) in [4.78, 5) is 38.2. The number of carbonyl (C=O) groups excluding carboxylic acids is 3. The number of ketones is 1. The van der Waals surface area contributed by atoms with Crippen molar-refractivity contribution in [2.24, 2.45) is 29.6 Å². The van der Waals surface area contributed by atoms with Gasteiger partial charge in [0.25, 0.3) is 0 Å². The highest BCUT2D eigenvalue weighted by atomic mass is 16.5. The second-order valence-electron chi connectivity index (χ2n) is 7.92. The second-order valence-corrected chi connectivity index (χ2v) is 7.92. The minimum Gasteiger partial charge on any atom is -0.465 e. The van der Waals surface area contributed by atoms with Crippen LogP contribution in [-0.4, -0.2) is 29.3 Å². The maximum atomic E-state index is 13.4. The molecule has 0 saturated heterocycles. The van der Waals surface area contributed by atoms with E-state index in [1.165, 1.54) is 18.1 Å². The van der Waals surface area contributed by atoms with Crippen LogP contribution in [0.25, 0.3) is 0 Å². The number of allylic oxidation sites excluding steroid dienone is 2. The molecule has 5 heteroatoms. The number of ether oxygens (including phenoxy) is 1. The van der Waals surface area contributed by atoms with Crippen molar-refractivity contribution in [3.05, 3.63) is 35.7 Å². The van der Waals surface area contributed by atoms with E-state index >= 15 is 0 Å². The van der Waals surface area contributed by atoms with E-state index in [9.17, 15) is 14.4 Å². The average Bonchev–Trinajstić information content (AvgIpc) is 3.21. The van der Waals surface area contributed by atoms with E-state index in [-0.39, 0.29) is 23.5 Å². The molecule has 2 aliphatic carbocycles. The fraction of sp³-hybridized carbons (Fsp3) is 0.571. The molecule has 0 bridgehead atoms. The molecule has 138 valence electrons. The summed E-state index contributed by atoms with van der Waals surface area (Å²) >= 11 is 0. The summed E-state index contributed by atoms with van der Waals surface area (Å²) in [5, 5.41) is 0. The number of carbonyl (C=O) groups is 3. The van der Waals surface area contributed by atoms with Gasteiger partial charge in [0.2, 0.25) is 5.91 Å². The zero-order chi connectivity index (χ0) is 18.4. The predicted octanol–water partition coefficient (Wildman–Crippen LogP) is 3.28. The number of methoxy groups -OCH3 is 1. The van der Waals surface area contributed by atoms with E-state index in [0.717, 1.165) is 19.3 Å². The molecule has 5 unspecified atom stereocenters. The Hall–Kier alpha value is -2.17. The number of hydrogen-bond acceptors (Lipinski definition) is 4. The molecule has 1 saturated carbocycles.